The van der Waals surface area contributed by atoms with Crippen molar-refractivity contribution in [3.8, 4) is 11.5 Å². The molecule has 138 valence electrons. The maximum Gasteiger partial charge on any atom is 0.314 e. The molecule has 0 atom stereocenters. The molecule has 2 heterocycles. The number of allylic oxidation sites excluding steroid dienone is 2. The predicted octanol–water partition coefficient (Wildman–Crippen LogP) is 3.05. The molecule has 0 aliphatic heterocycles. The lowest BCUT2D eigenvalue weighted by atomic mass is 9.98. The Balaban J connectivity index is 1.64. The van der Waals surface area contributed by atoms with E-state index in [1.165, 1.54) is 17.6 Å². The number of hydrazine groups is 1. The van der Waals surface area contributed by atoms with E-state index in [1.54, 1.807) is 18.3 Å². The smallest absolute Gasteiger partial charge is 0.314 e. The summed E-state index contributed by atoms with van der Waals surface area (Å²) >= 11 is 0. The first-order chi connectivity index (χ1) is 12.5. The molecule has 0 aromatic carbocycles. The van der Waals surface area contributed by atoms with E-state index in [-0.39, 0.29) is 5.89 Å². The van der Waals surface area contributed by atoms with E-state index in [0.717, 1.165) is 24.8 Å². The SMILES string of the molecule is N/C(=C\N(N)Cc1ccc(-c2nnc(C(F)F)o2)cn1)C1=CCCCC1. The van der Waals surface area contributed by atoms with Crippen molar-refractivity contribution in [2.24, 2.45) is 11.6 Å². The van der Waals surface area contributed by atoms with Crippen LogP contribution in [0.3, 0.4) is 0 Å². The third-order valence-electron chi connectivity index (χ3n) is 4.01. The third kappa shape index (κ3) is 4.42. The topological polar surface area (TPSA) is 107 Å². The van der Waals surface area contributed by atoms with E-state index < -0.39 is 12.3 Å². The maximum absolute atomic E-state index is 12.5. The molecule has 7 nitrogen and oxygen atoms in total. The summed E-state index contributed by atoms with van der Waals surface area (Å²) in [6.45, 7) is 0.348. The molecular formula is C17H20F2N6O. The zero-order valence-corrected chi connectivity index (χ0v) is 14.1. The molecule has 0 amide bonds. The number of nitrogens with two attached hydrogens (primary N) is 2. The summed E-state index contributed by atoms with van der Waals surface area (Å²) in [4.78, 5) is 4.25. The Hall–Kier alpha value is -2.81. The van der Waals surface area contributed by atoms with Crippen molar-refractivity contribution in [2.45, 2.75) is 38.7 Å². The molecule has 2 aromatic heterocycles. The largest absolute Gasteiger partial charge is 0.415 e. The second-order valence-electron chi connectivity index (χ2n) is 6.02. The van der Waals surface area contributed by atoms with Gasteiger partial charge in [0, 0.05) is 12.4 Å². The van der Waals surface area contributed by atoms with E-state index in [0.29, 0.717) is 23.5 Å². The first-order valence-corrected chi connectivity index (χ1v) is 8.28. The molecule has 0 spiro atoms. The molecule has 9 heteroatoms. The second-order valence-corrected chi connectivity index (χ2v) is 6.02. The van der Waals surface area contributed by atoms with Gasteiger partial charge in [0.15, 0.2) is 0 Å². The number of halogens is 2. The first kappa shape index (κ1) is 18.0. The Bertz CT molecular complexity index is 800. The molecule has 4 N–H and O–H groups in total. The van der Waals surface area contributed by atoms with Crippen LogP contribution in [0.1, 0.15) is 43.7 Å². The highest BCUT2D eigenvalue weighted by molar-refractivity contribution is 5.50. The standard InChI is InChI=1S/C17H20F2N6O/c18-15(19)17-24-23-16(26-17)12-6-7-13(22-8-12)9-25(21)10-14(20)11-4-2-1-3-5-11/h4,6-8,10,15H,1-3,5,9,20-21H2/b14-10-. The predicted molar refractivity (Wildman–Crippen MR) is 91.0 cm³/mol. The lowest BCUT2D eigenvalue weighted by molar-refractivity contribution is 0.116. The van der Waals surface area contributed by atoms with Crippen molar-refractivity contribution in [2.75, 3.05) is 0 Å². The van der Waals surface area contributed by atoms with Crippen LogP contribution in [0.5, 0.6) is 0 Å². The van der Waals surface area contributed by atoms with E-state index >= 15 is 0 Å². The van der Waals surface area contributed by atoms with E-state index in [1.807, 2.05) is 0 Å². The van der Waals surface area contributed by atoms with Crippen LogP contribution >= 0.6 is 0 Å². The van der Waals surface area contributed by atoms with Gasteiger partial charge in [-0.05, 0) is 43.4 Å². The van der Waals surface area contributed by atoms with Crippen LogP contribution in [0.2, 0.25) is 0 Å². The molecule has 0 unspecified atom stereocenters. The van der Waals surface area contributed by atoms with Crippen molar-refractivity contribution in [1.82, 2.24) is 20.2 Å². The van der Waals surface area contributed by atoms with Gasteiger partial charge in [0.1, 0.15) is 0 Å². The van der Waals surface area contributed by atoms with Crippen molar-refractivity contribution >= 4 is 0 Å². The molecule has 3 rings (SSSR count). The van der Waals surface area contributed by atoms with Gasteiger partial charge in [-0.3, -0.25) is 4.98 Å². The Morgan fingerprint density at radius 3 is 2.77 bits per heavy atom. The Kier molecular flexibility index (Phi) is 5.57. The summed E-state index contributed by atoms with van der Waals surface area (Å²) in [6, 6.07) is 3.38. The maximum atomic E-state index is 12.5. The van der Waals surface area contributed by atoms with Gasteiger partial charge in [0.25, 0.3) is 5.89 Å². The molecule has 0 saturated carbocycles. The summed E-state index contributed by atoms with van der Waals surface area (Å²) in [6.07, 6.45) is 6.85. The molecule has 26 heavy (non-hydrogen) atoms. The van der Waals surface area contributed by atoms with Gasteiger partial charge < -0.3 is 15.2 Å². The molecule has 2 aromatic rings. The van der Waals surface area contributed by atoms with Gasteiger partial charge >= 0.3 is 6.43 Å². The molecule has 0 fully saturated rings. The fraction of sp³-hybridized carbons (Fsp3) is 0.353. The zero-order chi connectivity index (χ0) is 18.5. The second kappa shape index (κ2) is 8.05. The number of aromatic nitrogens is 3. The zero-order valence-electron chi connectivity index (χ0n) is 14.1. The van der Waals surface area contributed by atoms with Gasteiger partial charge in [-0.15, -0.1) is 10.2 Å². The van der Waals surface area contributed by atoms with Crippen molar-refractivity contribution < 1.29 is 13.2 Å². The van der Waals surface area contributed by atoms with Gasteiger partial charge in [-0.25, -0.2) is 5.84 Å². The first-order valence-electron chi connectivity index (χ1n) is 8.28. The number of nitrogens with zero attached hydrogens (tertiary/aromatic N) is 4. The Labute approximate surface area is 149 Å². The highest BCUT2D eigenvalue weighted by atomic mass is 19.3. The van der Waals surface area contributed by atoms with E-state index in [4.69, 9.17) is 16.0 Å². The summed E-state index contributed by atoms with van der Waals surface area (Å²) in [7, 11) is 0. The van der Waals surface area contributed by atoms with Crippen molar-refractivity contribution in [1.29, 1.82) is 0 Å². The fourth-order valence-corrected chi connectivity index (χ4v) is 2.68. The van der Waals surface area contributed by atoms with Crippen LogP contribution in [-0.2, 0) is 6.54 Å². The molecular weight excluding hydrogens is 342 g/mol. The fourth-order valence-electron chi connectivity index (χ4n) is 2.68. The highest BCUT2D eigenvalue weighted by Crippen LogP contribution is 2.23. The molecule has 0 saturated heterocycles. The summed E-state index contributed by atoms with van der Waals surface area (Å²) < 4.78 is 29.9. The number of hydrogen-bond donors (Lipinski definition) is 2. The minimum absolute atomic E-state index is 0.00247. The van der Waals surface area contributed by atoms with Gasteiger partial charge in [-0.1, -0.05) is 6.08 Å². The van der Waals surface area contributed by atoms with Crippen LogP contribution in [-0.4, -0.2) is 20.2 Å². The van der Waals surface area contributed by atoms with Crippen molar-refractivity contribution in [3.63, 3.8) is 0 Å². The van der Waals surface area contributed by atoms with Crippen LogP contribution < -0.4 is 11.6 Å². The summed E-state index contributed by atoms with van der Waals surface area (Å²) in [5.74, 6) is 5.27. The lowest BCUT2D eigenvalue weighted by Crippen LogP contribution is -2.26. The lowest BCUT2D eigenvalue weighted by Gasteiger charge is -2.17. The minimum Gasteiger partial charge on any atom is -0.415 e. The highest BCUT2D eigenvalue weighted by Gasteiger charge is 2.17. The normalized spacial score (nSPS) is 15.2. The summed E-state index contributed by atoms with van der Waals surface area (Å²) in [5.41, 5.74) is 9.02. The van der Waals surface area contributed by atoms with Crippen LogP contribution in [0, 0.1) is 0 Å². The molecule has 1 aliphatic carbocycles. The monoisotopic (exact) mass is 362 g/mol. The van der Waals surface area contributed by atoms with Crippen LogP contribution in [0.4, 0.5) is 8.78 Å². The Morgan fingerprint density at radius 1 is 1.31 bits per heavy atom. The third-order valence-corrected chi connectivity index (χ3v) is 4.01. The molecule has 0 radical (unpaired) electrons. The van der Waals surface area contributed by atoms with Crippen molar-refractivity contribution in [3.05, 3.63) is 53.5 Å². The number of rotatable bonds is 6. The van der Waals surface area contributed by atoms with Gasteiger partial charge in [-0.2, -0.15) is 8.78 Å². The quantitative estimate of drug-likeness (QED) is 0.601. The van der Waals surface area contributed by atoms with Crippen LogP contribution in [0.25, 0.3) is 11.5 Å². The number of alkyl halides is 2. The van der Waals surface area contributed by atoms with E-state index in [9.17, 15) is 8.78 Å². The minimum atomic E-state index is -2.80. The summed E-state index contributed by atoms with van der Waals surface area (Å²) in [5, 5.41) is 8.34. The average molecular weight is 362 g/mol. The average Bonchev–Trinajstić information content (AvgIpc) is 3.13. The van der Waals surface area contributed by atoms with E-state index in [2.05, 4.69) is 21.3 Å². The molecule has 1 aliphatic rings. The van der Waals surface area contributed by atoms with Gasteiger partial charge in [0.05, 0.1) is 23.5 Å². The Morgan fingerprint density at radius 2 is 2.15 bits per heavy atom. The number of hydrogen-bond acceptors (Lipinski definition) is 7. The number of pyridine rings is 1. The van der Waals surface area contributed by atoms with Crippen LogP contribution in [0.15, 0.2) is 46.3 Å². The molecule has 0 bridgehead atoms. The van der Waals surface area contributed by atoms with Gasteiger partial charge in [0.2, 0.25) is 5.89 Å².